The molecular weight excluding hydrogens is 256 g/mol. The van der Waals surface area contributed by atoms with Crippen LogP contribution in [-0.2, 0) is 12.8 Å². The van der Waals surface area contributed by atoms with E-state index in [0.29, 0.717) is 0 Å². The maximum atomic E-state index is 6.25. The number of aryl methyl sites for hydroxylation is 3. The van der Waals surface area contributed by atoms with Gasteiger partial charge in [0.05, 0.1) is 0 Å². The Hall–Kier alpha value is -2.28. The van der Waals surface area contributed by atoms with Crippen LogP contribution in [-0.4, -0.2) is 0 Å². The second kappa shape index (κ2) is 4.92. The van der Waals surface area contributed by atoms with Crippen LogP contribution < -0.4 is 0 Å². The van der Waals surface area contributed by atoms with Crippen LogP contribution in [0.5, 0.6) is 0 Å². The number of fused-ring (bicyclic) bond motifs is 3. The molecule has 1 aromatic heterocycles. The first-order valence-corrected chi connectivity index (χ1v) is 7.59. The molecule has 0 aliphatic heterocycles. The van der Waals surface area contributed by atoms with Gasteiger partial charge < -0.3 is 4.42 Å². The van der Waals surface area contributed by atoms with E-state index in [0.717, 1.165) is 24.4 Å². The number of hydrogen-bond acceptors (Lipinski definition) is 1. The second-order valence-electron chi connectivity index (χ2n) is 5.85. The maximum absolute atomic E-state index is 6.25. The van der Waals surface area contributed by atoms with Gasteiger partial charge in [-0.15, -0.1) is 0 Å². The smallest absolute Gasteiger partial charge is 0.138 e. The molecular formula is C20H18O. The monoisotopic (exact) mass is 274 g/mol. The molecule has 21 heavy (non-hydrogen) atoms. The summed E-state index contributed by atoms with van der Waals surface area (Å²) in [5.74, 6) is 2.06. The summed E-state index contributed by atoms with van der Waals surface area (Å²) in [4.78, 5) is 0. The minimum absolute atomic E-state index is 0.986. The second-order valence-corrected chi connectivity index (χ2v) is 5.85. The third kappa shape index (κ3) is 2.19. The first-order valence-electron chi connectivity index (χ1n) is 7.59. The molecule has 0 amide bonds. The Labute approximate surface area is 125 Å². The fourth-order valence-electron chi connectivity index (χ4n) is 3.21. The molecule has 0 bridgehead atoms. The fraction of sp³-hybridized carbons (Fsp3) is 0.200. The van der Waals surface area contributed by atoms with Gasteiger partial charge in [-0.25, -0.2) is 0 Å². The number of hydrogen-bond donors (Lipinski definition) is 0. The van der Waals surface area contributed by atoms with Crippen molar-refractivity contribution in [2.45, 2.75) is 26.2 Å². The van der Waals surface area contributed by atoms with Crippen LogP contribution in [0, 0.1) is 6.92 Å². The van der Waals surface area contributed by atoms with Crippen LogP contribution in [0.4, 0.5) is 0 Å². The van der Waals surface area contributed by atoms with E-state index in [-0.39, 0.29) is 0 Å². The predicted molar refractivity (Wildman–Crippen MR) is 86.3 cm³/mol. The fourth-order valence-corrected chi connectivity index (χ4v) is 3.21. The molecule has 0 N–H and O–H groups in total. The molecule has 1 aliphatic rings. The molecule has 4 rings (SSSR count). The van der Waals surface area contributed by atoms with Gasteiger partial charge in [0.15, 0.2) is 0 Å². The lowest BCUT2D eigenvalue weighted by Crippen LogP contribution is -1.86. The van der Waals surface area contributed by atoms with Gasteiger partial charge in [-0.1, -0.05) is 48.0 Å². The van der Waals surface area contributed by atoms with Crippen LogP contribution in [0.15, 0.2) is 59.0 Å². The van der Waals surface area contributed by atoms with E-state index in [1.807, 2.05) is 0 Å². The quantitative estimate of drug-likeness (QED) is 0.578. The lowest BCUT2D eigenvalue weighted by Gasteiger charge is -2.04. The summed E-state index contributed by atoms with van der Waals surface area (Å²) in [6.07, 6.45) is 3.43. The Morgan fingerprint density at radius 2 is 1.71 bits per heavy atom. The van der Waals surface area contributed by atoms with Crippen LogP contribution in [0.1, 0.15) is 23.1 Å². The summed E-state index contributed by atoms with van der Waals surface area (Å²) in [5, 5.41) is 0. The van der Waals surface area contributed by atoms with Gasteiger partial charge in [0.2, 0.25) is 0 Å². The highest BCUT2D eigenvalue weighted by atomic mass is 16.3. The zero-order chi connectivity index (χ0) is 14.2. The lowest BCUT2D eigenvalue weighted by molar-refractivity contribution is 0.594. The normalized spacial score (nSPS) is 13.4. The SMILES string of the molecule is Cc1cccc(-c2cc3c(o2)-c2ccccc2CCC3)c1. The molecule has 0 fully saturated rings. The first-order chi connectivity index (χ1) is 10.3. The van der Waals surface area contributed by atoms with Crippen molar-refractivity contribution in [3.05, 3.63) is 71.3 Å². The average molecular weight is 274 g/mol. The molecule has 1 heterocycles. The molecule has 3 aromatic rings. The molecule has 0 spiro atoms. The topological polar surface area (TPSA) is 13.1 Å². The van der Waals surface area contributed by atoms with Crippen LogP contribution in [0.25, 0.3) is 22.6 Å². The molecule has 0 saturated heterocycles. The van der Waals surface area contributed by atoms with E-state index in [4.69, 9.17) is 4.42 Å². The third-order valence-electron chi connectivity index (χ3n) is 4.27. The van der Waals surface area contributed by atoms with Crippen molar-refractivity contribution in [1.82, 2.24) is 0 Å². The van der Waals surface area contributed by atoms with Crippen molar-refractivity contribution in [2.75, 3.05) is 0 Å². The highest BCUT2D eigenvalue weighted by Gasteiger charge is 2.19. The number of rotatable bonds is 1. The van der Waals surface area contributed by atoms with E-state index in [1.165, 1.54) is 34.2 Å². The van der Waals surface area contributed by atoms with Gasteiger partial charge in [0.25, 0.3) is 0 Å². The molecule has 0 unspecified atom stereocenters. The molecule has 0 atom stereocenters. The molecule has 1 aliphatic carbocycles. The maximum Gasteiger partial charge on any atom is 0.138 e. The average Bonchev–Trinajstić information content (AvgIpc) is 2.84. The van der Waals surface area contributed by atoms with Crippen LogP contribution in [0.2, 0.25) is 0 Å². The minimum Gasteiger partial charge on any atom is -0.456 e. The Balaban J connectivity index is 1.87. The van der Waals surface area contributed by atoms with Gasteiger partial charge in [0.1, 0.15) is 11.5 Å². The number of benzene rings is 2. The summed E-state index contributed by atoms with van der Waals surface area (Å²) in [7, 11) is 0. The Bertz CT molecular complexity index is 795. The van der Waals surface area contributed by atoms with Crippen molar-refractivity contribution in [1.29, 1.82) is 0 Å². The van der Waals surface area contributed by atoms with Gasteiger partial charge in [-0.3, -0.25) is 0 Å². The Kier molecular flexibility index (Phi) is 2.92. The van der Waals surface area contributed by atoms with Crippen molar-refractivity contribution < 1.29 is 4.42 Å². The van der Waals surface area contributed by atoms with Crippen molar-refractivity contribution >= 4 is 0 Å². The standard InChI is InChI=1S/C20H18O/c1-14-6-4-9-16(12-14)19-13-17-10-5-8-15-7-2-3-11-18(15)20(17)21-19/h2-4,6-7,9,11-13H,5,8,10H2,1H3. The largest absolute Gasteiger partial charge is 0.456 e. The van der Waals surface area contributed by atoms with Gasteiger partial charge >= 0.3 is 0 Å². The predicted octanol–water partition coefficient (Wildman–Crippen LogP) is 5.41. The van der Waals surface area contributed by atoms with Crippen LogP contribution in [0.3, 0.4) is 0 Å². The van der Waals surface area contributed by atoms with E-state index in [1.54, 1.807) is 0 Å². The Morgan fingerprint density at radius 3 is 2.62 bits per heavy atom. The van der Waals surface area contributed by atoms with Gasteiger partial charge in [0, 0.05) is 11.1 Å². The Morgan fingerprint density at radius 1 is 0.857 bits per heavy atom. The molecule has 0 saturated carbocycles. The molecule has 1 nitrogen and oxygen atoms in total. The minimum atomic E-state index is 0.986. The van der Waals surface area contributed by atoms with Crippen molar-refractivity contribution in [3.63, 3.8) is 0 Å². The molecule has 0 radical (unpaired) electrons. The summed E-state index contributed by atoms with van der Waals surface area (Å²) in [5.41, 5.74) is 6.45. The zero-order valence-corrected chi connectivity index (χ0v) is 12.2. The van der Waals surface area contributed by atoms with E-state index < -0.39 is 0 Å². The zero-order valence-electron chi connectivity index (χ0n) is 12.2. The van der Waals surface area contributed by atoms with E-state index in [9.17, 15) is 0 Å². The van der Waals surface area contributed by atoms with Crippen molar-refractivity contribution in [3.8, 4) is 22.6 Å². The molecule has 1 heteroatoms. The lowest BCUT2D eigenvalue weighted by atomic mass is 10.0. The molecule has 104 valence electrons. The van der Waals surface area contributed by atoms with E-state index >= 15 is 0 Å². The summed E-state index contributed by atoms with van der Waals surface area (Å²) in [6.45, 7) is 2.12. The summed E-state index contributed by atoms with van der Waals surface area (Å²) < 4.78 is 6.25. The van der Waals surface area contributed by atoms with Gasteiger partial charge in [-0.05, 0) is 49.4 Å². The molecule has 2 aromatic carbocycles. The number of furan rings is 1. The summed E-state index contributed by atoms with van der Waals surface area (Å²) in [6, 6.07) is 19.4. The summed E-state index contributed by atoms with van der Waals surface area (Å²) >= 11 is 0. The first kappa shape index (κ1) is 12.5. The highest BCUT2D eigenvalue weighted by Crippen LogP contribution is 2.37. The van der Waals surface area contributed by atoms with Gasteiger partial charge in [-0.2, -0.15) is 0 Å². The van der Waals surface area contributed by atoms with Crippen molar-refractivity contribution in [2.24, 2.45) is 0 Å². The third-order valence-corrected chi connectivity index (χ3v) is 4.27. The van der Waals surface area contributed by atoms with Crippen LogP contribution >= 0.6 is 0 Å². The highest BCUT2D eigenvalue weighted by molar-refractivity contribution is 5.71. The van der Waals surface area contributed by atoms with E-state index in [2.05, 4.69) is 61.5 Å².